The summed E-state index contributed by atoms with van der Waals surface area (Å²) in [4.78, 5) is 0. The van der Waals surface area contributed by atoms with Gasteiger partial charge in [0.1, 0.15) is 0 Å². The molecule has 0 fully saturated rings. The molecule has 62 valence electrons. The highest BCUT2D eigenvalue weighted by atomic mass is 32.2. The van der Waals surface area contributed by atoms with E-state index in [2.05, 4.69) is 20.4 Å². The summed E-state index contributed by atoms with van der Waals surface area (Å²) >= 11 is -3.20. The van der Waals surface area contributed by atoms with Crippen molar-refractivity contribution in [2.24, 2.45) is 11.8 Å². The number of hydrogen-bond donors (Lipinski definition) is 2. The Labute approximate surface area is 63.1 Å². The van der Waals surface area contributed by atoms with Crippen LogP contribution < -0.4 is 11.8 Å². The SMILES string of the molecule is NOS(=O)CCS(=O)ON. The van der Waals surface area contributed by atoms with Crippen molar-refractivity contribution in [3.8, 4) is 0 Å². The Hall–Kier alpha value is 0.140. The first kappa shape index (κ1) is 10.1. The van der Waals surface area contributed by atoms with Gasteiger partial charge in [0.2, 0.25) is 0 Å². The van der Waals surface area contributed by atoms with Crippen molar-refractivity contribution in [2.45, 2.75) is 0 Å². The van der Waals surface area contributed by atoms with Gasteiger partial charge < -0.3 is 0 Å². The van der Waals surface area contributed by atoms with Crippen LogP contribution in [0.1, 0.15) is 0 Å². The lowest BCUT2D eigenvalue weighted by atomic mass is 11.0. The normalized spacial score (nSPS) is 16.6. The molecule has 2 atom stereocenters. The molecule has 0 aliphatic rings. The van der Waals surface area contributed by atoms with E-state index >= 15 is 0 Å². The highest BCUT2D eigenvalue weighted by Gasteiger charge is 2.02. The standard InChI is InChI=1S/C2H8N2O4S2/c3-7-9(5)1-2-10(6)8-4/h1-4H2. The van der Waals surface area contributed by atoms with Crippen LogP contribution in [0.25, 0.3) is 0 Å². The van der Waals surface area contributed by atoms with Gasteiger partial charge in [0.15, 0.2) is 22.2 Å². The minimum atomic E-state index is -1.60. The third-order valence-corrected chi connectivity index (χ3v) is 2.39. The molecule has 0 bridgehead atoms. The second-order valence-corrected chi connectivity index (χ2v) is 3.62. The van der Waals surface area contributed by atoms with E-state index in [1.54, 1.807) is 0 Å². The summed E-state index contributed by atoms with van der Waals surface area (Å²) in [6, 6.07) is 0. The van der Waals surface area contributed by atoms with Crippen LogP contribution in [-0.4, -0.2) is 19.9 Å². The summed E-state index contributed by atoms with van der Waals surface area (Å²) in [7, 11) is 0. The molecule has 0 saturated heterocycles. The second kappa shape index (κ2) is 5.89. The fourth-order valence-corrected chi connectivity index (χ4v) is 1.51. The van der Waals surface area contributed by atoms with E-state index in [1.807, 2.05) is 0 Å². The average Bonchev–Trinajstić information content (AvgIpc) is 1.99. The van der Waals surface area contributed by atoms with Gasteiger partial charge in [0.25, 0.3) is 0 Å². The molecule has 0 aromatic heterocycles. The molecule has 8 heteroatoms. The van der Waals surface area contributed by atoms with Crippen LogP contribution in [0.2, 0.25) is 0 Å². The van der Waals surface area contributed by atoms with Crippen LogP contribution in [-0.2, 0) is 30.7 Å². The molecule has 0 aromatic carbocycles. The molecule has 0 saturated carbocycles. The van der Waals surface area contributed by atoms with E-state index < -0.39 is 22.2 Å². The summed E-state index contributed by atoms with van der Waals surface area (Å²) < 4.78 is 28.5. The van der Waals surface area contributed by atoms with Gasteiger partial charge in [-0.25, -0.2) is 17.0 Å². The van der Waals surface area contributed by atoms with Crippen molar-refractivity contribution in [3.05, 3.63) is 0 Å². The van der Waals surface area contributed by atoms with Crippen molar-refractivity contribution < 1.29 is 17.0 Å². The minimum Gasteiger partial charge on any atom is -0.228 e. The third kappa shape index (κ3) is 4.97. The molecule has 0 aromatic rings. The topological polar surface area (TPSA) is 105 Å². The van der Waals surface area contributed by atoms with Crippen molar-refractivity contribution in [1.82, 2.24) is 0 Å². The van der Waals surface area contributed by atoms with Gasteiger partial charge in [0, 0.05) is 0 Å². The lowest BCUT2D eigenvalue weighted by molar-refractivity contribution is 0.362. The Bertz CT molecular complexity index is 123. The summed E-state index contributed by atoms with van der Waals surface area (Å²) in [6.07, 6.45) is 0. The Balaban J connectivity index is 3.35. The van der Waals surface area contributed by atoms with E-state index in [1.165, 1.54) is 0 Å². The second-order valence-electron chi connectivity index (χ2n) is 1.21. The van der Waals surface area contributed by atoms with Gasteiger partial charge >= 0.3 is 0 Å². The third-order valence-electron chi connectivity index (χ3n) is 0.631. The van der Waals surface area contributed by atoms with Crippen LogP contribution in [0.15, 0.2) is 0 Å². The molecule has 10 heavy (non-hydrogen) atoms. The van der Waals surface area contributed by atoms with Gasteiger partial charge in [-0.1, -0.05) is 0 Å². The lowest BCUT2D eigenvalue weighted by Gasteiger charge is -1.95. The summed E-state index contributed by atoms with van der Waals surface area (Å²) in [5.41, 5.74) is 0. The maximum absolute atomic E-state index is 10.4. The molecule has 0 aliphatic carbocycles. The molecule has 0 radical (unpaired) electrons. The van der Waals surface area contributed by atoms with Gasteiger partial charge in [-0.15, -0.1) is 0 Å². The zero-order chi connectivity index (χ0) is 7.98. The Morgan fingerprint density at radius 2 is 1.30 bits per heavy atom. The molecule has 4 N–H and O–H groups in total. The first-order valence-corrected chi connectivity index (χ1v) is 4.70. The van der Waals surface area contributed by atoms with Crippen LogP contribution in [0.5, 0.6) is 0 Å². The molecular weight excluding hydrogens is 180 g/mol. The Morgan fingerprint density at radius 3 is 1.50 bits per heavy atom. The monoisotopic (exact) mass is 188 g/mol. The van der Waals surface area contributed by atoms with Gasteiger partial charge in [-0.2, -0.15) is 11.8 Å². The smallest absolute Gasteiger partial charge is 0.173 e. The maximum atomic E-state index is 10.4. The highest BCUT2D eigenvalue weighted by molar-refractivity contribution is 7.84. The molecule has 0 rings (SSSR count). The molecule has 0 aliphatic heterocycles. The van der Waals surface area contributed by atoms with Crippen LogP contribution in [0, 0.1) is 0 Å². The Morgan fingerprint density at radius 1 is 1.00 bits per heavy atom. The average molecular weight is 188 g/mol. The minimum absolute atomic E-state index is 0.0420. The number of rotatable bonds is 5. The molecule has 6 nitrogen and oxygen atoms in total. The quantitative estimate of drug-likeness (QED) is 0.488. The Kier molecular flexibility index (Phi) is 5.97. The zero-order valence-corrected chi connectivity index (χ0v) is 6.65. The predicted molar refractivity (Wildman–Crippen MR) is 36.6 cm³/mol. The molecule has 2 unspecified atom stereocenters. The molecule has 0 heterocycles. The van der Waals surface area contributed by atoms with Crippen LogP contribution in [0.4, 0.5) is 0 Å². The predicted octanol–water partition coefficient (Wildman–Crippen LogP) is -1.91. The summed E-state index contributed by atoms with van der Waals surface area (Å²) in [6.45, 7) is 0. The number of hydrogen-bond acceptors (Lipinski definition) is 6. The first-order valence-electron chi connectivity index (χ1n) is 2.22. The van der Waals surface area contributed by atoms with Gasteiger partial charge in [0.05, 0.1) is 11.5 Å². The zero-order valence-electron chi connectivity index (χ0n) is 5.02. The van der Waals surface area contributed by atoms with Crippen molar-refractivity contribution >= 4 is 22.2 Å². The fraction of sp³-hybridized carbons (Fsp3) is 1.00. The van der Waals surface area contributed by atoms with Crippen LogP contribution in [0.3, 0.4) is 0 Å². The fourth-order valence-electron chi connectivity index (χ4n) is 0.232. The number of nitrogens with two attached hydrogens (primary N) is 2. The van der Waals surface area contributed by atoms with Crippen molar-refractivity contribution in [3.63, 3.8) is 0 Å². The van der Waals surface area contributed by atoms with Gasteiger partial charge in [-0.3, -0.25) is 0 Å². The van der Waals surface area contributed by atoms with E-state index in [-0.39, 0.29) is 11.5 Å². The van der Waals surface area contributed by atoms with E-state index in [9.17, 15) is 8.42 Å². The van der Waals surface area contributed by atoms with E-state index in [4.69, 9.17) is 0 Å². The largest absolute Gasteiger partial charge is 0.228 e. The van der Waals surface area contributed by atoms with Crippen molar-refractivity contribution in [2.75, 3.05) is 11.5 Å². The van der Waals surface area contributed by atoms with Crippen LogP contribution >= 0.6 is 0 Å². The van der Waals surface area contributed by atoms with E-state index in [0.29, 0.717) is 0 Å². The molecular formula is C2H8N2O4S2. The summed E-state index contributed by atoms with van der Waals surface area (Å²) in [5.74, 6) is 9.14. The van der Waals surface area contributed by atoms with Crippen molar-refractivity contribution in [1.29, 1.82) is 0 Å². The maximum Gasteiger partial charge on any atom is 0.173 e. The molecule has 0 spiro atoms. The first-order chi connectivity index (χ1) is 4.70. The van der Waals surface area contributed by atoms with E-state index in [0.717, 1.165) is 0 Å². The summed E-state index contributed by atoms with van der Waals surface area (Å²) in [5, 5.41) is 0. The highest BCUT2D eigenvalue weighted by Crippen LogP contribution is 1.84. The van der Waals surface area contributed by atoms with Gasteiger partial charge in [-0.05, 0) is 0 Å². The molecule has 0 amide bonds. The lowest BCUT2D eigenvalue weighted by Crippen LogP contribution is -2.15.